The number of nitrogens with zero attached hydrogens (tertiary/aromatic N) is 3. The Kier molecular flexibility index (Phi) is 4.82. The van der Waals surface area contributed by atoms with Crippen molar-refractivity contribution in [3.63, 3.8) is 0 Å². The Balaban J connectivity index is 1.38. The molecule has 1 aromatic carbocycles. The van der Waals surface area contributed by atoms with Gasteiger partial charge in [-0.3, -0.25) is 14.6 Å². The van der Waals surface area contributed by atoms with E-state index in [0.29, 0.717) is 19.5 Å². The third kappa shape index (κ3) is 2.93. The van der Waals surface area contributed by atoms with E-state index in [2.05, 4.69) is 17.1 Å². The van der Waals surface area contributed by atoms with Gasteiger partial charge in [-0.1, -0.05) is 42.8 Å². The first-order chi connectivity index (χ1) is 14.6. The smallest absolute Gasteiger partial charge is 0.227 e. The van der Waals surface area contributed by atoms with E-state index in [1.807, 2.05) is 40.1 Å². The molecule has 1 aliphatic carbocycles. The number of rotatable bonds is 5. The van der Waals surface area contributed by atoms with E-state index in [4.69, 9.17) is 0 Å². The summed E-state index contributed by atoms with van der Waals surface area (Å²) >= 11 is 0. The lowest BCUT2D eigenvalue weighted by molar-refractivity contribution is -0.207. The van der Waals surface area contributed by atoms with Crippen LogP contribution in [0, 0.1) is 5.92 Å². The van der Waals surface area contributed by atoms with Crippen molar-refractivity contribution in [2.24, 2.45) is 5.92 Å². The quantitative estimate of drug-likeness (QED) is 0.826. The number of aliphatic hydroxyl groups excluding tert-OH is 1. The number of pyridine rings is 1. The highest BCUT2D eigenvalue weighted by molar-refractivity contribution is 5.85. The molecule has 5 rings (SSSR count). The van der Waals surface area contributed by atoms with Gasteiger partial charge in [0.25, 0.3) is 0 Å². The van der Waals surface area contributed by atoms with E-state index in [1.54, 1.807) is 12.4 Å². The molecule has 1 spiro atoms. The van der Waals surface area contributed by atoms with E-state index < -0.39 is 5.54 Å². The molecule has 2 saturated heterocycles. The minimum absolute atomic E-state index is 0.0511. The average Bonchev–Trinajstić information content (AvgIpc) is 2.66. The summed E-state index contributed by atoms with van der Waals surface area (Å²) in [7, 11) is 0. The molecule has 3 aliphatic rings. The molecule has 2 amide bonds. The minimum Gasteiger partial charge on any atom is -0.394 e. The van der Waals surface area contributed by atoms with E-state index in [1.165, 1.54) is 0 Å². The third-order valence-electron chi connectivity index (χ3n) is 7.17. The number of hydrogen-bond acceptors (Lipinski definition) is 4. The summed E-state index contributed by atoms with van der Waals surface area (Å²) in [5.74, 6) is 0.346. The summed E-state index contributed by atoms with van der Waals surface area (Å²) in [5.41, 5.74) is 1.63. The summed E-state index contributed by atoms with van der Waals surface area (Å²) in [6.45, 7) is 1.00. The largest absolute Gasteiger partial charge is 0.394 e. The van der Waals surface area contributed by atoms with Crippen molar-refractivity contribution in [2.75, 3.05) is 19.7 Å². The van der Waals surface area contributed by atoms with Crippen LogP contribution in [0.1, 0.15) is 36.3 Å². The summed E-state index contributed by atoms with van der Waals surface area (Å²) in [4.78, 5) is 33.9. The average molecular weight is 405 g/mol. The molecule has 0 bridgehead atoms. The molecular weight excluding hydrogens is 378 g/mol. The molecule has 6 nitrogen and oxygen atoms in total. The second-order valence-electron chi connectivity index (χ2n) is 8.87. The monoisotopic (exact) mass is 405 g/mol. The van der Waals surface area contributed by atoms with Crippen molar-refractivity contribution >= 4 is 11.8 Å². The Morgan fingerprint density at radius 1 is 1.10 bits per heavy atom. The highest BCUT2D eigenvalue weighted by Crippen LogP contribution is 2.55. The second kappa shape index (κ2) is 7.51. The fraction of sp³-hybridized carbons (Fsp3) is 0.458. The van der Waals surface area contributed by atoms with Crippen molar-refractivity contribution in [2.45, 2.75) is 43.2 Å². The maximum absolute atomic E-state index is 13.2. The van der Waals surface area contributed by atoms with Crippen LogP contribution in [0.25, 0.3) is 0 Å². The number of amides is 2. The van der Waals surface area contributed by atoms with Gasteiger partial charge in [-0.15, -0.1) is 0 Å². The number of likely N-dealkylation sites (tertiary alicyclic amines) is 2. The molecule has 3 fully saturated rings. The van der Waals surface area contributed by atoms with E-state index in [9.17, 15) is 14.7 Å². The lowest BCUT2D eigenvalue weighted by Gasteiger charge is -2.71. The van der Waals surface area contributed by atoms with Crippen LogP contribution in [0.5, 0.6) is 0 Å². The maximum Gasteiger partial charge on any atom is 0.227 e. The van der Waals surface area contributed by atoms with Crippen LogP contribution in [0.2, 0.25) is 0 Å². The molecule has 1 aromatic heterocycles. The van der Waals surface area contributed by atoms with Gasteiger partial charge in [0.05, 0.1) is 24.6 Å². The fourth-order valence-electron chi connectivity index (χ4n) is 5.45. The first-order valence-electron chi connectivity index (χ1n) is 10.8. The van der Waals surface area contributed by atoms with Gasteiger partial charge in [-0.2, -0.15) is 0 Å². The predicted octanol–water partition coefficient (Wildman–Crippen LogP) is 1.99. The zero-order valence-corrected chi connectivity index (χ0v) is 17.0. The standard InChI is InChI=1S/C24H27N3O3/c28-14-20-22(18-7-2-1-3-8-18)24(27(20)23(30)19-9-4-10-19)15-26(16-24)21(29)12-17-6-5-11-25-13-17/h1-3,5-8,11,13,19-20,22,28H,4,9-10,12,14-16H2/t20-,22+/m0/s1. The molecule has 2 aromatic rings. The molecule has 156 valence electrons. The first-order valence-corrected chi connectivity index (χ1v) is 10.8. The van der Waals surface area contributed by atoms with Crippen LogP contribution in [0.3, 0.4) is 0 Å². The van der Waals surface area contributed by atoms with Gasteiger partial charge in [-0.05, 0) is 30.0 Å². The normalized spacial score (nSPS) is 24.7. The third-order valence-corrected chi connectivity index (χ3v) is 7.17. The number of carbonyl (C=O) groups excluding carboxylic acids is 2. The fourth-order valence-corrected chi connectivity index (χ4v) is 5.45. The molecule has 1 saturated carbocycles. The van der Waals surface area contributed by atoms with E-state index in [0.717, 1.165) is 30.4 Å². The van der Waals surface area contributed by atoms with Crippen LogP contribution in [-0.4, -0.2) is 63.0 Å². The summed E-state index contributed by atoms with van der Waals surface area (Å²) in [5, 5.41) is 10.1. The molecule has 6 heteroatoms. The van der Waals surface area contributed by atoms with Crippen LogP contribution in [0.15, 0.2) is 54.9 Å². The van der Waals surface area contributed by atoms with Crippen molar-refractivity contribution in [3.05, 3.63) is 66.0 Å². The molecule has 30 heavy (non-hydrogen) atoms. The second-order valence-corrected chi connectivity index (χ2v) is 8.87. The highest BCUT2D eigenvalue weighted by Gasteiger charge is 2.68. The maximum atomic E-state index is 13.2. The number of hydrogen-bond donors (Lipinski definition) is 1. The van der Waals surface area contributed by atoms with E-state index in [-0.39, 0.29) is 36.3 Å². The SMILES string of the molecule is O=C(Cc1cccnc1)N1CC2(C1)[C@H](c1ccccc1)[C@H](CO)N2C(=O)C1CCC1. The first kappa shape index (κ1) is 19.2. The lowest BCUT2D eigenvalue weighted by atomic mass is 9.59. The van der Waals surface area contributed by atoms with Gasteiger partial charge in [0.15, 0.2) is 0 Å². The van der Waals surface area contributed by atoms with Crippen molar-refractivity contribution in [1.82, 2.24) is 14.8 Å². The summed E-state index contributed by atoms with van der Waals surface area (Å²) < 4.78 is 0. The Labute approximate surface area is 176 Å². The number of aromatic nitrogens is 1. The molecular formula is C24H27N3O3. The molecule has 2 aliphatic heterocycles. The zero-order chi connectivity index (χ0) is 20.7. The van der Waals surface area contributed by atoms with Gasteiger partial charge in [0.1, 0.15) is 0 Å². The highest BCUT2D eigenvalue weighted by atomic mass is 16.3. The Bertz CT molecular complexity index is 923. The zero-order valence-electron chi connectivity index (χ0n) is 17.0. The van der Waals surface area contributed by atoms with Gasteiger partial charge in [0, 0.05) is 37.3 Å². The van der Waals surface area contributed by atoms with Crippen LogP contribution < -0.4 is 0 Å². The van der Waals surface area contributed by atoms with Gasteiger partial charge in [-0.25, -0.2) is 0 Å². The number of carbonyl (C=O) groups is 2. The summed E-state index contributed by atoms with van der Waals surface area (Å²) in [6.07, 6.45) is 6.70. The number of benzene rings is 1. The molecule has 0 radical (unpaired) electrons. The van der Waals surface area contributed by atoms with Crippen LogP contribution >= 0.6 is 0 Å². The van der Waals surface area contributed by atoms with Crippen LogP contribution in [0.4, 0.5) is 0 Å². The molecule has 0 unspecified atom stereocenters. The van der Waals surface area contributed by atoms with Gasteiger partial charge < -0.3 is 14.9 Å². The Morgan fingerprint density at radius 3 is 2.47 bits per heavy atom. The molecule has 2 atom stereocenters. The Morgan fingerprint density at radius 2 is 1.87 bits per heavy atom. The van der Waals surface area contributed by atoms with Crippen molar-refractivity contribution in [3.8, 4) is 0 Å². The topological polar surface area (TPSA) is 73.7 Å². The van der Waals surface area contributed by atoms with Crippen molar-refractivity contribution in [1.29, 1.82) is 0 Å². The van der Waals surface area contributed by atoms with Crippen molar-refractivity contribution < 1.29 is 14.7 Å². The molecule has 3 heterocycles. The van der Waals surface area contributed by atoms with Gasteiger partial charge >= 0.3 is 0 Å². The lowest BCUT2D eigenvalue weighted by Crippen LogP contribution is -2.86. The summed E-state index contributed by atoms with van der Waals surface area (Å²) in [6, 6.07) is 13.6. The van der Waals surface area contributed by atoms with Crippen LogP contribution in [-0.2, 0) is 16.0 Å². The number of aliphatic hydroxyl groups is 1. The Hall–Kier alpha value is -2.73. The molecule has 1 N–H and O–H groups in total. The van der Waals surface area contributed by atoms with Gasteiger partial charge in [0.2, 0.25) is 11.8 Å². The van der Waals surface area contributed by atoms with E-state index >= 15 is 0 Å². The predicted molar refractivity (Wildman–Crippen MR) is 111 cm³/mol. The minimum atomic E-state index is -0.397.